The minimum atomic E-state index is -3.07. The van der Waals surface area contributed by atoms with Gasteiger partial charge in [0.2, 0.25) is 17.7 Å². The first kappa shape index (κ1) is 20.3. The monoisotopic (exact) mass is 407 g/mol. The van der Waals surface area contributed by atoms with Gasteiger partial charge in [0.1, 0.15) is 6.04 Å². The first-order chi connectivity index (χ1) is 13.2. The van der Waals surface area contributed by atoms with Crippen LogP contribution >= 0.6 is 0 Å². The van der Waals surface area contributed by atoms with Crippen LogP contribution in [0.4, 0.5) is 0 Å². The van der Waals surface area contributed by atoms with Crippen LogP contribution in [0.5, 0.6) is 0 Å². The van der Waals surface area contributed by atoms with Crippen molar-refractivity contribution in [2.75, 3.05) is 31.1 Å². The molecule has 152 valence electrons. The van der Waals surface area contributed by atoms with E-state index in [0.717, 1.165) is 5.56 Å². The van der Waals surface area contributed by atoms with Crippen molar-refractivity contribution in [3.8, 4) is 0 Å². The highest BCUT2D eigenvalue weighted by atomic mass is 32.2. The van der Waals surface area contributed by atoms with Crippen LogP contribution in [0.15, 0.2) is 30.3 Å². The molecule has 28 heavy (non-hydrogen) atoms. The average Bonchev–Trinajstić information content (AvgIpc) is 3.02. The maximum atomic E-state index is 12.5. The fourth-order valence-corrected chi connectivity index (χ4v) is 4.71. The first-order valence-electron chi connectivity index (χ1n) is 9.36. The molecule has 1 N–H and O–H groups in total. The molecule has 2 fully saturated rings. The predicted octanol–water partition coefficient (Wildman–Crippen LogP) is -0.203. The second-order valence-corrected chi connectivity index (χ2v) is 9.67. The fraction of sp³-hybridized carbons (Fsp3) is 0.526. The Hall–Kier alpha value is -2.42. The minimum Gasteiger partial charge on any atom is -0.344 e. The normalized spacial score (nSPS) is 22.8. The molecule has 0 radical (unpaired) electrons. The molecule has 2 aliphatic heterocycles. The lowest BCUT2D eigenvalue weighted by molar-refractivity contribution is -0.136. The van der Waals surface area contributed by atoms with Gasteiger partial charge >= 0.3 is 0 Å². The van der Waals surface area contributed by atoms with Crippen molar-refractivity contribution < 1.29 is 22.8 Å². The van der Waals surface area contributed by atoms with E-state index >= 15 is 0 Å². The summed E-state index contributed by atoms with van der Waals surface area (Å²) in [7, 11) is -3.07. The Morgan fingerprint density at radius 1 is 1.18 bits per heavy atom. The molecule has 1 aromatic rings. The summed E-state index contributed by atoms with van der Waals surface area (Å²) in [6.07, 6.45) is 0.127. The molecule has 9 heteroatoms. The summed E-state index contributed by atoms with van der Waals surface area (Å²) in [6, 6.07) is 8.81. The standard InChI is InChI=1S/C19H25N3O5S/c1-14(19(25)21-7-9-28(26,27)10-8-21)20-18(24)16-11-17(23)22(13-16)12-15-5-3-2-4-6-15/h2-6,14,16H,7-13H2,1H3,(H,20,24). The Bertz CT molecular complexity index is 842. The molecule has 2 unspecified atom stereocenters. The number of nitrogens with one attached hydrogen (secondary N) is 1. The van der Waals surface area contributed by atoms with Crippen LogP contribution in [-0.2, 0) is 30.8 Å². The minimum absolute atomic E-state index is 0.0506. The zero-order valence-corrected chi connectivity index (χ0v) is 16.7. The Morgan fingerprint density at radius 3 is 2.46 bits per heavy atom. The van der Waals surface area contributed by atoms with E-state index in [4.69, 9.17) is 0 Å². The van der Waals surface area contributed by atoms with Crippen LogP contribution in [0.3, 0.4) is 0 Å². The van der Waals surface area contributed by atoms with Gasteiger partial charge in [-0.05, 0) is 12.5 Å². The topological polar surface area (TPSA) is 104 Å². The molecular formula is C19H25N3O5S. The molecule has 0 saturated carbocycles. The maximum Gasteiger partial charge on any atom is 0.244 e. The third-order valence-electron chi connectivity index (χ3n) is 5.19. The van der Waals surface area contributed by atoms with Gasteiger partial charge in [-0.25, -0.2) is 8.42 Å². The quantitative estimate of drug-likeness (QED) is 0.728. The third-order valence-corrected chi connectivity index (χ3v) is 6.80. The Balaban J connectivity index is 1.51. The highest BCUT2D eigenvalue weighted by molar-refractivity contribution is 7.91. The molecule has 2 heterocycles. The Morgan fingerprint density at radius 2 is 1.82 bits per heavy atom. The average molecular weight is 407 g/mol. The van der Waals surface area contributed by atoms with E-state index in [1.54, 1.807) is 11.8 Å². The summed E-state index contributed by atoms with van der Waals surface area (Å²) in [5.41, 5.74) is 1.00. The summed E-state index contributed by atoms with van der Waals surface area (Å²) in [4.78, 5) is 40.4. The lowest BCUT2D eigenvalue weighted by Crippen LogP contribution is -2.52. The molecule has 2 atom stereocenters. The van der Waals surface area contributed by atoms with Crippen LogP contribution in [0.25, 0.3) is 0 Å². The Labute approximate surface area is 164 Å². The second-order valence-electron chi connectivity index (χ2n) is 7.37. The van der Waals surface area contributed by atoms with E-state index in [1.807, 2.05) is 30.3 Å². The summed E-state index contributed by atoms with van der Waals surface area (Å²) in [5.74, 6) is -1.30. The van der Waals surface area contributed by atoms with Crippen molar-refractivity contribution >= 4 is 27.6 Å². The van der Waals surface area contributed by atoms with Crippen molar-refractivity contribution in [1.29, 1.82) is 0 Å². The smallest absolute Gasteiger partial charge is 0.244 e. The number of hydrogen-bond donors (Lipinski definition) is 1. The largest absolute Gasteiger partial charge is 0.344 e. The SMILES string of the molecule is CC(NC(=O)C1CC(=O)N(Cc2ccccc2)C1)C(=O)N1CCS(=O)(=O)CC1. The molecular weight excluding hydrogens is 382 g/mol. The van der Waals surface area contributed by atoms with Crippen LogP contribution in [-0.4, -0.2) is 73.1 Å². The summed E-state index contributed by atoms with van der Waals surface area (Å²) < 4.78 is 23.0. The van der Waals surface area contributed by atoms with Gasteiger partial charge in [-0.15, -0.1) is 0 Å². The lowest BCUT2D eigenvalue weighted by atomic mass is 10.1. The Kier molecular flexibility index (Phi) is 6.02. The number of sulfone groups is 1. The highest BCUT2D eigenvalue weighted by Gasteiger charge is 2.36. The van der Waals surface area contributed by atoms with Crippen molar-refractivity contribution in [1.82, 2.24) is 15.1 Å². The summed E-state index contributed by atoms with van der Waals surface area (Å²) >= 11 is 0. The van der Waals surface area contributed by atoms with E-state index in [9.17, 15) is 22.8 Å². The van der Waals surface area contributed by atoms with Gasteiger partial charge in [-0.2, -0.15) is 0 Å². The van der Waals surface area contributed by atoms with Gasteiger partial charge in [0.15, 0.2) is 9.84 Å². The van der Waals surface area contributed by atoms with Gasteiger partial charge in [-0.1, -0.05) is 30.3 Å². The van der Waals surface area contributed by atoms with Crippen molar-refractivity contribution in [2.45, 2.75) is 25.9 Å². The van der Waals surface area contributed by atoms with Gasteiger partial charge in [0, 0.05) is 32.6 Å². The maximum absolute atomic E-state index is 12.5. The number of nitrogens with zero attached hydrogens (tertiary/aromatic N) is 2. The van der Waals surface area contributed by atoms with Crippen molar-refractivity contribution in [3.05, 3.63) is 35.9 Å². The number of hydrogen-bond acceptors (Lipinski definition) is 5. The molecule has 0 aromatic heterocycles. The number of carbonyl (C=O) groups excluding carboxylic acids is 3. The van der Waals surface area contributed by atoms with E-state index < -0.39 is 21.8 Å². The molecule has 0 aliphatic carbocycles. The molecule has 0 spiro atoms. The third kappa shape index (κ3) is 4.89. The highest BCUT2D eigenvalue weighted by Crippen LogP contribution is 2.20. The number of amides is 3. The predicted molar refractivity (Wildman–Crippen MR) is 103 cm³/mol. The van der Waals surface area contributed by atoms with Crippen LogP contribution in [0, 0.1) is 5.92 Å². The molecule has 1 aromatic carbocycles. The van der Waals surface area contributed by atoms with Crippen LogP contribution in [0.2, 0.25) is 0 Å². The van der Waals surface area contributed by atoms with E-state index in [2.05, 4.69) is 5.32 Å². The van der Waals surface area contributed by atoms with Gasteiger partial charge in [0.05, 0.1) is 17.4 Å². The van der Waals surface area contributed by atoms with Gasteiger partial charge in [0.25, 0.3) is 0 Å². The molecule has 3 rings (SSSR count). The number of likely N-dealkylation sites (tertiary alicyclic amines) is 1. The van der Waals surface area contributed by atoms with Crippen molar-refractivity contribution in [3.63, 3.8) is 0 Å². The summed E-state index contributed by atoms with van der Waals surface area (Å²) in [5, 5.41) is 2.69. The zero-order valence-electron chi connectivity index (χ0n) is 15.8. The van der Waals surface area contributed by atoms with Gasteiger partial charge in [-0.3, -0.25) is 14.4 Å². The first-order valence-corrected chi connectivity index (χ1v) is 11.2. The van der Waals surface area contributed by atoms with Gasteiger partial charge < -0.3 is 15.1 Å². The molecule has 2 saturated heterocycles. The van der Waals surface area contributed by atoms with Crippen molar-refractivity contribution in [2.24, 2.45) is 5.92 Å². The van der Waals surface area contributed by atoms with Crippen LogP contribution in [0.1, 0.15) is 18.9 Å². The number of rotatable bonds is 5. The number of benzene rings is 1. The molecule has 2 aliphatic rings. The van der Waals surface area contributed by atoms with Crippen LogP contribution < -0.4 is 5.32 Å². The van der Waals surface area contributed by atoms with E-state index in [0.29, 0.717) is 13.1 Å². The van der Waals surface area contributed by atoms with E-state index in [1.165, 1.54) is 4.90 Å². The molecule has 0 bridgehead atoms. The lowest BCUT2D eigenvalue weighted by Gasteiger charge is -2.29. The second kappa shape index (κ2) is 8.30. The molecule has 3 amide bonds. The zero-order chi connectivity index (χ0) is 20.3. The molecule has 8 nitrogen and oxygen atoms in total. The summed E-state index contributed by atoms with van der Waals surface area (Å²) in [6.45, 7) is 2.66. The van der Waals surface area contributed by atoms with E-state index in [-0.39, 0.29) is 48.7 Å². The fourth-order valence-electron chi connectivity index (χ4n) is 3.50. The number of carbonyl (C=O) groups is 3.